The van der Waals surface area contributed by atoms with Crippen LogP contribution in [0.5, 0.6) is 0 Å². The number of nitrogens with zero attached hydrogens (tertiary/aromatic N) is 2. The molecule has 5 aliphatic rings. The summed E-state index contributed by atoms with van der Waals surface area (Å²) in [6, 6.07) is 1.27. The minimum atomic E-state index is -4.68. The largest absolute Gasteiger partial charge is 0.416 e. The van der Waals surface area contributed by atoms with Gasteiger partial charge >= 0.3 is 6.18 Å². The zero-order chi connectivity index (χ0) is 27.8. The van der Waals surface area contributed by atoms with Crippen LogP contribution < -0.4 is 15.4 Å². The van der Waals surface area contributed by atoms with E-state index in [1.807, 2.05) is 6.92 Å². The molecule has 212 valence electrons. The van der Waals surface area contributed by atoms with E-state index >= 15 is 0 Å². The number of rotatable bonds is 5. The van der Waals surface area contributed by atoms with Crippen molar-refractivity contribution in [2.75, 3.05) is 23.9 Å². The number of halogens is 5. The van der Waals surface area contributed by atoms with Crippen molar-refractivity contribution in [3.8, 4) is 0 Å². The molecule has 0 radical (unpaired) electrons. The van der Waals surface area contributed by atoms with Gasteiger partial charge < -0.3 is 11.1 Å². The van der Waals surface area contributed by atoms with Crippen LogP contribution in [0.2, 0.25) is 10.0 Å². The highest BCUT2D eigenvalue weighted by Crippen LogP contribution is 2.60. The first kappa shape index (κ1) is 28.1. The Bertz CT molecular complexity index is 1120. The molecular weight excluding hydrogens is 568 g/mol. The molecule has 4 saturated carbocycles. The lowest BCUT2D eigenvalue weighted by Crippen LogP contribution is -2.63. The monoisotopic (exact) mass is 598 g/mol. The standard InChI is InChI=1S/C24H31Cl2F3N4O4S/c1-12-9-32(38(36,37)33(10-12)21-17(25)4-16(5-18(21)26)24(27,28)29)11-19(34)31-20-14-2-13-3-15(20)8-23(6-13,7-14)22(30)35/h4-5,12-15,20,36-37H,2-3,6-11H2,1H3,(H2,30,35)(H,31,34). The fourth-order valence-electron chi connectivity index (χ4n) is 7.31. The van der Waals surface area contributed by atoms with Gasteiger partial charge in [-0.3, -0.25) is 23.0 Å². The van der Waals surface area contributed by atoms with Gasteiger partial charge in [0, 0.05) is 24.5 Å². The second-order valence-corrected chi connectivity index (χ2v) is 14.2. The van der Waals surface area contributed by atoms with Gasteiger partial charge in [0.15, 0.2) is 0 Å². The summed E-state index contributed by atoms with van der Waals surface area (Å²) < 4.78 is 64.4. The third kappa shape index (κ3) is 4.85. The lowest BCUT2D eigenvalue weighted by molar-refractivity contribution is -0.147. The van der Waals surface area contributed by atoms with Crippen LogP contribution in [-0.4, -0.2) is 50.9 Å². The molecule has 2 amide bonds. The number of carbonyl (C=O) groups excluding carboxylic acids is 2. The Kier molecular flexibility index (Phi) is 7.09. The molecule has 1 saturated heterocycles. The fourth-order valence-corrected chi connectivity index (χ4v) is 10.0. The number of nitrogens with two attached hydrogens (primary N) is 1. The van der Waals surface area contributed by atoms with Crippen molar-refractivity contribution < 1.29 is 31.9 Å². The van der Waals surface area contributed by atoms with E-state index in [0.717, 1.165) is 23.6 Å². The Hall–Kier alpha value is -1.44. The van der Waals surface area contributed by atoms with Gasteiger partial charge in [-0.05, 0) is 78.9 Å². The fraction of sp³-hybridized carbons (Fsp3) is 0.667. The Morgan fingerprint density at radius 1 is 1.13 bits per heavy atom. The maximum atomic E-state index is 13.2. The van der Waals surface area contributed by atoms with Crippen LogP contribution in [0.1, 0.15) is 44.6 Å². The summed E-state index contributed by atoms with van der Waals surface area (Å²) in [5.74, 6) is -0.143. The van der Waals surface area contributed by atoms with E-state index in [4.69, 9.17) is 28.9 Å². The van der Waals surface area contributed by atoms with Crippen LogP contribution >= 0.6 is 34.2 Å². The van der Waals surface area contributed by atoms with Gasteiger partial charge in [0.2, 0.25) is 11.8 Å². The van der Waals surface area contributed by atoms with Crippen molar-refractivity contribution in [3.63, 3.8) is 0 Å². The van der Waals surface area contributed by atoms with E-state index in [1.54, 1.807) is 0 Å². The van der Waals surface area contributed by atoms with Crippen LogP contribution in [0.3, 0.4) is 0 Å². The Balaban J connectivity index is 1.32. The molecule has 38 heavy (non-hydrogen) atoms. The molecule has 0 spiro atoms. The van der Waals surface area contributed by atoms with Crippen molar-refractivity contribution in [3.05, 3.63) is 27.7 Å². The quantitative estimate of drug-likeness (QED) is 0.372. The summed E-state index contributed by atoms with van der Waals surface area (Å²) in [6.45, 7) is 1.72. The highest BCUT2D eigenvalue weighted by molar-refractivity contribution is 8.23. The minimum absolute atomic E-state index is 0.0641. The number of nitrogens with one attached hydrogen (secondary N) is 1. The molecule has 4 bridgehead atoms. The molecule has 1 aromatic carbocycles. The smallest absolute Gasteiger partial charge is 0.369 e. The molecule has 1 heterocycles. The number of hydrogen-bond acceptors (Lipinski definition) is 6. The Morgan fingerprint density at radius 3 is 2.24 bits per heavy atom. The molecule has 4 aliphatic carbocycles. The van der Waals surface area contributed by atoms with E-state index < -0.39 is 34.0 Å². The van der Waals surface area contributed by atoms with Gasteiger partial charge in [0.05, 0.1) is 27.8 Å². The number of alkyl halides is 3. The second-order valence-electron chi connectivity index (χ2n) is 11.5. The lowest BCUT2D eigenvalue weighted by atomic mass is 9.47. The highest BCUT2D eigenvalue weighted by atomic mass is 35.5. The molecule has 14 heteroatoms. The Labute approximate surface area is 230 Å². The number of carbonyl (C=O) groups is 2. The molecule has 8 nitrogen and oxygen atoms in total. The average Bonchev–Trinajstić information content (AvgIpc) is 2.78. The topological polar surface area (TPSA) is 119 Å². The third-order valence-electron chi connectivity index (χ3n) is 8.67. The first-order valence-corrected chi connectivity index (χ1v) is 14.8. The van der Waals surface area contributed by atoms with E-state index in [0.29, 0.717) is 30.9 Å². The summed E-state index contributed by atoms with van der Waals surface area (Å²) in [5.41, 5.74) is 4.08. The summed E-state index contributed by atoms with van der Waals surface area (Å²) in [7, 11) is -3.83. The van der Waals surface area contributed by atoms with Crippen LogP contribution in [-0.2, 0) is 15.8 Å². The first-order chi connectivity index (χ1) is 17.6. The minimum Gasteiger partial charge on any atom is -0.369 e. The van der Waals surface area contributed by atoms with Crippen LogP contribution in [0.25, 0.3) is 0 Å². The lowest BCUT2D eigenvalue weighted by Gasteiger charge is -2.59. The van der Waals surface area contributed by atoms with Gasteiger partial charge in [0.1, 0.15) is 0 Å². The maximum absolute atomic E-state index is 13.2. The predicted octanol–water partition coefficient (Wildman–Crippen LogP) is 5.15. The van der Waals surface area contributed by atoms with Crippen molar-refractivity contribution in [1.29, 1.82) is 0 Å². The van der Waals surface area contributed by atoms with E-state index in [2.05, 4.69) is 5.32 Å². The van der Waals surface area contributed by atoms with Crippen molar-refractivity contribution in [2.45, 2.75) is 51.2 Å². The number of amides is 2. The van der Waals surface area contributed by atoms with Crippen LogP contribution in [0.4, 0.5) is 18.9 Å². The SMILES string of the molecule is CC1CN(CC(=O)NC2C3CC4CC2CC(C(N)=O)(C4)C3)S(O)(O)N(c2c(Cl)cc(C(F)(F)F)cc2Cl)C1. The van der Waals surface area contributed by atoms with Crippen molar-refractivity contribution in [1.82, 2.24) is 9.62 Å². The van der Waals surface area contributed by atoms with Gasteiger partial charge in [-0.15, -0.1) is 0 Å². The van der Waals surface area contributed by atoms with E-state index in [1.165, 1.54) is 4.31 Å². The van der Waals surface area contributed by atoms with Crippen LogP contribution in [0.15, 0.2) is 12.1 Å². The molecule has 0 aromatic heterocycles. The number of primary amides is 1. The molecule has 5 N–H and O–H groups in total. The molecule has 1 aliphatic heterocycles. The zero-order valence-electron chi connectivity index (χ0n) is 20.7. The van der Waals surface area contributed by atoms with Crippen molar-refractivity contribution >= 4 is 51.7 Å². The van der Waals surface area contributed by atoms with E-state index in [9.17, 15) is 31.9 Å². The molecule has 3 unspecified atom stereocenters. The molecule has 6 rings (SSSR count). The number of hydrogen-bond donors (Lipinski definition) is 4. The maximum Gasteiger partial charge on any atom is 0.416 e. The van der Waals surface area contributed by atoms with E-state index in [-0.39, 0.29) is 65.1 Å². The third-order valence-corrected chi connectivity index (χ3v) is 11.1. The summed E-state index contributed by atoms with van der Waals surface area (Å²) >= 11 is 12.3. The molecule has 1 aromatic rings. The molecular formula is C24H31Cl2F3N4O4S. The van der Waals surface area contributed by atoms with Gasteiger partial charge in [0.25, 0.3) is 0 Å². The number of benzene rings is 1. The summed E-state index contributed by atoms with van der Waals surface area (Å²) in [6.07, 6.45) is -0.726. The summed E-state index contributed by atoms with van der Waals surface area (Å²) in [4.78, 5) is 25.4. The predicted molar refractivity (Wildman–Crippen MR) is 140 cm³/mol. The summed E-state index contributed by atoms with van der Waals surface area (Å²) in [5, 5.41) is 2.33. The van der Waals surface area contributed by atoms with Gasteiger partial charge in [-0.25, -0.2) is 0 Å². The van der Waals surface area contributed by atoms with Crippen LogP contribution in [0, 0.1) is 29.1 Å². The average molecular weight is 600 g/mol. The molecule has 5 fully saturated rings. The Morgan fingerprint density at radius 2 is 1.71 bits per heavy atom. The first-order valence-electron chi connectivity index (χ1n) is 12.6. The van der Waals surface area contributed by atoms with Crippen molar-refractivity contribution in [2.24, 2.45) is 34.8 Å². The van der Waals surface area contributed by atoms with Gasteiger partial charge in [-0.2, -0.15) is 17.5 Å². The number of anilines is 1. The van der Waals surface area contributed by atoms with Gasteiger partial charge in [-0.1, -0.05) is 30.1 Å². The highest BCUT2D eigenvalue weighted by Gasteiger charge is 2.58. The second kappa shape index (κ2) is 9.59. The normalized spacial score (nSPS) is 35.3. The molecule has 3 atom stereocenters. The zero-order valence-corrected chi connectivity index (χ0v) is 23.0.